The molecule has 1 aromatic rings. The molecule has 0 radical (unpaired) electrons. The lowest BCUT2D eigenvalue weighted by atomic mass is 10.0. The predicted octanol–water partition coefficient (Wildman–Crippen LogP) is 3.79. The lowest BCUT2D eigenvalue weighted by molar-refractivity contribution is -0.137. The number of hydrogen-bond acceptors (Lipinski definition) is 2. The van der Waals surface area contributed by atoms with Crippen molar-refractivity contribution in [3.63, 3.8) is 0 Å². The Labute approximate surface area is 109 Å². The maximum Gasteiger partial charge on any atom is 0.303 e. The van der Waals surface area contributed by atoms with Gasteiger partial charge >= 0.3 is 5.97 Å². The summed E-state index contributed by atoms with van der Waals surface area (Å²) in [6.07, 6.45) is 1.87. The standard InChI is InChI=1S/C15H23NO2/c1-11(2)13-8-7-12(3)14(10-13)16-9-5-4-6-15(17)18/h7-8,10-11,16H,4-6,9H2,1-3H3,(H,17,18). The van der Waals surface area contributed by atoms with Gasteiger partial charge in [0.15, 0.2) is 0 Å². The smallest absolute Gasteiger partial charge is 0.303 e. The van der Waals surface area contributed by atoms with Gasteiger partial charge in [0.05, 0.1) is 0 Å². The second-order valence-corrected chi connectivity index (χ2v) is 5.01. The fraction of sp³-hybridized carbons (Fsp3) is 0.533. The summed E-state index contributed by atoms with van der Waals surface area (Å²) in [6, 6.07) is 6.49. The van der Waals surface area contributed by atoms with Gasteiger partial charge in [0.2, 0.25) is 0 Å². The number of rotatable bonds is 7. The Hall–Kier alpha value is -1.51. The second-order valence-electron chi connectivity index (χ2n) is 5.01. The average Bonchev–Trinajstić information content (AvgIpc) is 2.30. The lowest BCUT2D eigenvalue weighted by Crippen LogP contribution is -2.05. The summed E-state index contributed by atoms with van der Waals surface area (Å²) in [6.45, 7) is 7.28. The summed E-state index contributed by atoms with van der Waals surface area (Å²) >= 11 is 0. The third-order valence-corrected chi connectivity index (χ3v) is 3.06. The minimum atomic E-state index is -0.715. The molecule has 0 saturated carbocycles. The third kappa shape index (κ3) is 4.78. The first-order chi connectivity index (χ1) is 8.50. The van der Waals surface area contributed by atoms with Crippen LogP contribution in [-0.4, -0.2) is 17.6 Å². The molecule has 0 aliphatic rings. The molecule has 18 heavy (non-hydrogen) atoms. The Bertz CT molecular complexity index is 399. The van der Waals surface area contributed by atoms with Crippen LogP contribution >= 0.6 is 0 Å². The zero-order valence-corrected chi connectivity index (χ0v) is 11.5. The van der Waals surface area contributed by atoms with E-state index in [2.05, 4.69) is 44.3 Å². The monoisotopic (exact) mass is 249 g/mol. The van der Waals surface area contributed by atoms with E-state index in [0.717, 1.165) is 25.1 Å². The van der Waals surface area contributed by atoms with Crippen molar-refractivity contribution >= 4 is 11.7 Å². The van der Waals surface area contributed by atoms with Crippen LogP contribution in [0.5, 0.6) is 0 Å². The minimum absolute atomic E-state index is 0.257. The summed E-state index contributed by atoms with van der Waals surface area (Å²) in [5.74, 6) is -0.189. The van der Waals surface area contributed by atoms with E-state index in [4.69, 9.17) is 5.11 Å². The van der Waals surface area contributed by atoms with Crippen molar-refractivity contribution in [3.05, 3.63) is 29.3 Å². The van der Waals surface area contributed by atoms with E-state index in [9.17, 15) is 4.79 Å². The molecule has 0 fully saturated rings. The number of benzene rings is 1. The summed E-state index contributed by atoms with van der Waals surface area (Å²) in [5, 5.41) is 11.9. The Morgan fingerprint density at radius 1 is 1.33 bits per heavy atom. The molecule has 3 heteroatoms. The van der Waals surface area contributed by atoms with E-state index in [-0.39, 0.29) is 6.42 Å². The van der Waals surface area contributed by atoms with Crippen LogP contribution in [0.25, 0.3) is 0 Å². The molecule has 1 aromatic carbocycles. The average molecular weight is 249 g/mol. The normalized spacial score (nSPS) is 10.7. The van der Waals surface area contributed by atoms with Gasteiger partial charge in [-0.1, -0.05) is 26.0 Å². The quantitative estimate of drug-likeness (QED) is 0.723. The van der Waals surface area contributed by atoms with Crippen LogP contribution < -0.4 is 5.32 Å². The Morgan fingerprint density at radius 2 is 2.06 bits per heavy atom. The number of aryl methyl sites for hydroxylation is 1. The topological polar surface area (TPSA) is 49.3 Å². The summed E-state index contributed by atoms with van der Waals surface area (Å²) in [5.41, 5.74) is 3.72. The number of anilines is 1. The number of nitrogens with one attached hydrogen (secondary N) is 1. The van der Waals surface area contributed by atoms with Crippen molar-refractivity contribution in [1.82, 2.24) is 0 Å². The number of carboxylic acid groups (broad SMARTS) is 1. The molecule has 0 aliphatic carbocycles. The van der Waals surface area contributed by atoms with E-state index in [1.165, 1.54) is 11.1 Å². The molecule has 0 heterocycles. The maximum absolute atomic E-state index is 10.4. The molecule has 0 unspecified atom stereocenters. The van der Waals surface area contributed by atoms with E-state index in [0.29, 0.717) is 5.92 Å². The first kappa shape index (κ1) is 14.6. The zero-order chi connectivity index (χ0) is 13.5. The molecule has 100 valence electrons. The van der Waals surface area contributed by atoms with Crippen LogP contribution in [0.15, 0.2) is 18.2 Å². The predicted molar refractivity (Wildman–Crippen MR) is 75.2 cm³/mol. The van der Waals surface area contributed by atoms with Gasteiger partial charge in [-0.3, -0.25) is 4.79 Å². The molecule has 2 N–H and O–H groups in total. The highest BCUT2D eigenvalue weighted by atomic mass is 16.4. The summed E-state index contributed by atoms with van der Waals surface area (Å²) in [4.78, 5) is 10.4. The van der Waals surface area contributed by atoms with Crippen LogP contribution in [0.1, 0.15) is 50.2 Å². The van der Waals surface area contributed by atoms with Gasteiger partial charge in [-0.2, -0.15) is 0 Å². The minimum Gasteiger partial charge on any atom is -0.481 e. The van der Waals surface area contributed by atoms with Crippen molar-refractivity contribution in [2.75, 3.05) is 11.9 Å². The van der Waals surface area contributed by atoms with Gasteiger partial charge in [-0.25, -0.2) is 0 Å². The second kappa shape index (κ2) is 7.04. The third-order valence-electron chi connectivity index (χ3n) is 3.06. The Kier molecular flexibility index (Phi) is 5.69. The molecule has 0 atom stereocenters. The number of aliphatic carboxylic acids is 1. The molecular weight excluding hydrogens is 226 g/mol. The van der Waals surface area contributed by atoms with Crippen molar-refractivity contribution in [1.29, 1.82) is 0 Å². The van der Waals surface area contributed by atoms with Crippen molar-refractivity contribution in [2.24, 2.45) is 0 Å². The van der Waals surface area contributed by atoms with Gasteiger partial charge in [0, 0.05) is 18.7 Å². The van der Waals surface area contributed by atoms with Crippen LogP contribution in [0.2, 0.25) is 0 Å². The first-order valence-corrected chi connectivity index (χ1v) is 6.57. The Balaban J connectivity index is 2.46. The molecule has 1 rings (SSSR count). The van der Waals surface area contributed by atoms with Gasteiger partial charge in [0.1, 0.15) is 0 Å². The zero-order valence-electron chi connectivity index (χ0n) is 11.5. The molecule has 0 amide bonds. The highest BCUT2D eigenvalue weighted by Gasteiger charge is 2.03. The van der Waals surface area contributed by atoms with E-state index >= 15 is 0 Å². The van der Waals surface area contributed by atoms with Gasteiger partial charge < -0.3 is 10.4 Å². The Morgan fingerprint density at radius 3 is 2.67 bits per heavy atom. The molecule has 0 bridgehead atoms. The largest absolute Gasteiger partial charge is 0.481 e. The SMILES string of the molecule is Cc1ccc(C(C)C)cc1NCCCCC(=O)O. The number of unbranched alkanes of at least 4 members (excludes halogenated alkanes) is 1. The molecule has 0 spiro atoms. The number of hydrogen-bond donors (Lipinski definition) is 2. The fourth-order valence-electron chi connectivity index (χ4n) is 1.81. The number of carboxylic acids is 1. The molecule has 0 aromatic heterocycles. The van der Waals surface area contributed by atoms with Crippen molar-refractivity contribution in [2.45, 2.75) is 46.0 Å². The van der Waals surface area contributed by atoms with Crippen LogP contribution in [0.3, 0.4) is 0 Å². The van der Waals surface area contributed by atoms with E-state index in [1.807, 2.05) is 0 Å². The van der Waals surface area contributed by atoms with Crippen molar-refractivity contribution < 1.29 is 9.90 Å². The lowest BCUT2D eigenvalue weighted by Gasteiger charge is -2.13. The van der Waals surface area contributed by atoms with Gasteiger partial charge in [0.25, 0.3) is 0 Å². The van der Waals surface area contributed by atoms with Crippen molar-refractivity contribution in [3.8, 4) is 0 Å². The molecule has 0 aliphatic heterocycles. The van der Waals surface area contributed by atoms with Gasteiger partial charge in [-0.15, -0.1) is 0 Å². The fourth-order valence-corrected chi connectivity index (χ4v) is 1.81. The van der Waals surface area contributed by atoms with Gasteiger partial charge in [-0.05, 0) is 42.9 Å². The molecular formula is C15H23NO2. The van der Waals surface area contributed by atoms with Crippen LogP contribution in [-0.2, 0) is 4.79 Å². The highest BCUT2D eigenvalue weighted by molar-refractivity contribution is 5.66. The first-order valence-electron chi connectivity index (χ1n) is 6.57. The molecule has 3 nitrogen and oxygen atoms in total. The maximum atomic E-state index is 10.4. The highest BCUT2D eigenvalue weighted by Crippen LogP contribution is 2.22. The summed E-state index contributed by atoms with van der Waals surface area (Å²) < 4.78 is 0. The summed E-state index contributed by atoms with van der Waals surface area (Å²) in [7, 11) is 0. The van der Waals surface area contributed by atoms with E-state index < -0.39 is 5.97 Å². The number of carbonyl (C=O) groups is 1. The van der Waals surface area contributed by atoms with Crippen LogP contribution in [0.4, 0.5) is 5.69 Å². The molecule has 0 saturated heterocycles. The van der Waals surface area contributed by atoms with E-state index in [1.54, 1.807) is 0 Å². The van der Waals surface area contributed by atoms with Crippen LogP contribution in [0, 0.1) is 6.92 Å².